The minimum atomic E-state index is -1.31. The second-order valence-electron chi connectivity index (χ2n) is 5.30. The predicted octanol–water partition coefficient (Wildman–Crippen LogP) is 0.808. The second kappa shape index (κ2) is 7.37. The van der Waals surface area contributed by atoms with E-state index in [9.17, 15) is 19.7 Å². The van der Waals surface area contributed by atoms with Gasteiger partial charge in [-0.25, -0.2) is 4.79 Å². The number of esters is 1. The van der Waals surface area contributed by atoms with Crippen LogP contribution in [0.5, 0.6) is 11.5 Å². The van der Waals surface area contributed by atoms with Crippen LogP contribution in [0.4, 0.5) is 0 Å². The van der Waals surface area contributed by atoms with Crippen LogP contribution in [0.1, 0.15) is 42.6 Å². The Bertz CT molecular complexity index is 606. The summed E-state index contributed by atoms with van der Waals surface area (Å²) in [5.41, 5.74) is 0.500. The van der Waals surface area contributed by atoms with Crippen LogP contribution in [0, 0.1) is 0 Å². The van der Waals surface area contributed by atoms with Crippen molar-refractivity contribution in [3.05, 3.63) is 23.3 Å². The van der Waals surface area contributed by atoms with Crippen LogP contribution in [0.15, 0.2) is 12.1 Å². The largest absolute Gasteiger partial charge is 0.547 e. The molecule has 0 unspecified atom stereocenters. The van der Waals surface area contributed by atoms with E-state index in [1.807, 2.05) is 6.92 Å². The van der Waals surface area contributed by atoms with Crippen molar-refractivity contribution >= 4 is 19.0 Å². The van der Waals surface area contributed by atoms with Crippen molar-refractivity contribution in [2.45, 2.75) is 39.1 Å². The Kier molecular flexibility index (Phi) is 5.49. The number of hydrogen-bond donors (Lipinski definition) is 3. The van der Waals surface area contributed by atoms with Gasteiger partial charge in [-0.1, -0.05) is 13.0 Å². The van der Waals surface area contributed by atoms with Crippen LogP contribution in [-0.2, 0) is 16.0 Å². The number of hydrogen-bond acceptors (Lipinski definition) is 6. The summed E-state index contributed by atoms with van der Waals surface area (Å²) >= 11 is 0. The van der Waals surface area contributed by atoms with Crippen molar-refractivity contribution in [3.63, 3.8) is 0 Å². The molecule has 1 aliphatic rings. The van der Waals surface area contributed by atoms with Gasteiger partial charge in [0.2, 0.25) is 5.91 Å². The Morgan fingerprint density at radius 3 is 2.83 bits per heavy atom. The van der Waals surface area contributed by atoms with E-state index < -0.39 is 19.0 Å². The van der Waals surface area contributed by atoms with E-state index in [0.717, 1.165) is 0 Å². The van der Waals surface area contributed by atoms with E-state index in [1.54, 1.807) is 13.0 Å². The smallest absolute Gasteiger partial charge is 0.534 e. The number of fused-ring (bicyclic) bond motifs is 1. The number of phenols is 1. The lowest BCUT2D eigenvalue weighted by Crippen LogP contribution is -2.53. The number of amides is 1. The van der Waals surface area contributed by atoms with Crippen LogP contribution >= 0.6 is 0 Å². The lowest BCUT2D eigenvalue weighted by molar-refractivity contribution is -0.121. The van der Waals surface area contributed by atoms with Crippen LogP contribution in [-0.4, -0.2) is 41.7 Å². The number of ether oxygens (including phenoxy) is 1. The molecule has 1 heterocycles. The molecule has 0 aliphatic carbocycles. The second-order valence-corrected chi connectivity index (χ2v) is 5.30. The number of nitrogens with one attached hydrogen (secondary N) is 1. The Balaban J connectivity index is 2.26. The molecule has 3 N–H and O–H groups in total. The van der Waals surface area contributed by atoms with Crippen LogP contribution < -0.4 is 9.97 Å². The minimum absolute atomic E-state index is 0.0944. The molecule has 1 amide bonds. The topological polar surface area (TPSA) is 105 Å². The number of benzene rings is 1. The molecule has 1 atom stereocenters. The van der Waals surface area contributed by atoms with Gasteiger partial charge in [-0.15, -0.1) is 0 Å². The molecule has 0 bridgehead atoms. The molecule has 124 valence electrons. The fourth-order valence-corrected chi connectivity index (χ4v) is 2.48. The van der Waals surface area contributed by atoms with E-state index in [4.69, 9.17) is 9.39 Å². The first-order valence-corrected chi connectivity index (χ1v) is 7.63. The van der Waals surface area contributed by atoms with Gasteiger partial charge < -0.3 is 24.8 Å². The zero-order chi connectivity index (χ0) is 17.0. The van der Waals surface area contributed by atoms with E-state index in [-0.39, 0.29) is 29.6 Å². The first-order valence-electron chi connectivity index (χ1n) is 7.63. The predicted molar refractivity (Wildman–Crippen MR) is 83.2 cm³/mol. The minimum Gasteiger partial charge on any atom is -0.534 e. The lowest BCUT2D eigenvalue weighted by Gasteiger charge is -2.29. The lowest BCUT2D eigenvalue weighted by atomic mass is 9.72. The molecule has 1 aliphatic heterocycles. The zero-order valence-electron chi connectivity index (χ0n) is 13.2. The average molecular weight is 321 g/mol. The highest BCUT2D eigenvalue weighted by molar-refractivity contribution is 6.47. The fraction of sp³-hybridized carbons (Fsp3) is 0.467. The number of phenolic OH excluding ortho intramolecular Hbond substituents is 1. The maximum atomic E-state index is 12.0. The van der Waals surface area contributed by atoms with Crippen molar-refractivity contribution in [2.75, 3.05) is 6.61 Å². The first kappa shape index (κ1) is 17.1. The van der Waals surface area contributed by atoms with Crippen molar-refractivity contribution in [2.24, 2.45) is 0 Å². The molecule has 23 heavy (non-hydrogen) atoms. The van der Waals surface area contributed by atoms with Gasteiger partial charge in [0.1, 0.15) is 17.1 Å². The molecule has 8 heteroatoms. The highest BCUT2D eigenvalue weighted by Gasteiger charge is 2.38. The number of carbonyl (C=O) groups excluding carboxylic acids is 2. The summed E-state index contributed by atoms with van der Waals surface area (Å²) < 4.78 is 10.3. The quantitative estimate of drug-likeness (QED) is 0.547. The third-order valence-corrected chi connectivity index (χ3v) is 3.54. The van der Waals surface area contributed by atoms with Gasteiger partial charge in [-0.3, -0.25) is 4.79 Å². The maximum absolute atomic E-state index is 12.0. The third kappa shape index (κ3) is 3.76. The molecule has 0 fully saturated rings. The molecule has 1 aromatic carbocycles. The van der Waals surface area contributed by atoms with Gasteiger partial charge in [0.05, 0.1) is 12.5 Å². The molecular formula is C15H20BNO6. The van der Waals surface area contributed by atoms with Gasteiger partial charge in [0, 0.05) is 6.42 Å². The van der Waals surface area contributed by atoms with Gasteiger partial charge >= 0.3 is 13.1 Å². The summed E-state index contributed by atoms with van der Waals surface area (Å²) in [5, 5.41) is 22.7. The normalized spacial score (nSPS) is 16.3. The van der Waals surface area contributed by atoms with Gasteiger partial charge in [-0.2, -0.15) is 0 Å². The SMILES string of the molecule is CCCC(=O)N[C@H]1Cc2ccc(O)c(C(=O)OCC)c2OB1O. The van der Waals surface area contributed by atoms with E-state index in [0.29, 0.717) is 24.8 Å². The summed E-state index contributed by atoms with van der Waals surface area (Å²) in [7, 11) is -1.31. The first-order chi connectivity index (χ1) is 11.0. The van der Waals surface area contributed by atoms with Crippen molar-refractivity contribution in [1.29, 1.82) is 0 Å². The third-order valence-electron chi connectivity index (χ3n) is 3.54. The van der Waals surface area contributed by atoms with Crippen molar-refractivity contribution in [1.82, 2.24) is 5.32 Å². The molecule has 0 spiro atoms. The van der Waals surface area contributed by atoms with Gasteiger partial charge in [-0.05, 0) is 31.4 Å². The standard InChI is InChI=1S/C15H20BNO6/c1-3-5-12(19)17-11-8-9-6-7-10(18)13(15(20)22-4-2)14(9)23-16(11)21/h6-7,11,18,21H,3-5,8H2,1-2H3,(H,17,19)/t11-/m0/s1. The Morgan fingerprint density at radius 1 is 1.43 bits per heavy atom. The summed E-state index contributed by atoms with van der Waals surface area (Å²) in [5.74, 6) is -1.68. The zero-order valence-corrected chi connectivity index (χ0v) is 13.2. The highest BCUT2D eigenvalue weighted by Crippen LogP contribution is 2.36. The summed E-state index contributed by atoms with van der Waals surface area (Å²) in [4.78, 5) is 23.7. The molecule has 0 aromatic heterocycles. The summed E-state index contributed by atoms with van der Waals surface area (Å²) in [6.45, 7) is 3.69. The molecule has 0 saturated carbocycles. The van der Waals surface area contributed by atoms with Gasteiger partial charge in [0.25, 0.3) is 0 Å². The maximum Gasteiger partial charge on any atom is 0.547 e. The van der Waals surface area contributed by atoms with Crippen molar-refractivity contribution in [3.8, 4) is 11.5 Å². The highest BCUT2D eigenvalue weighted by atomic mass is 16.5. The molecule has 1 aromatic rings. The number of aromatic hydroxyl groups is 1. The number of carbonyl (C=O) groups is 2. The van der Waals surface area contributed by atoms with Crippen LogP contribution in [0.25, 0.3) is 0 Å². The summed E-state index contributed by atoms with van der Waals surface area (Å²) in [6.07, 6.45) is 1.35. The molecule has 0 radical (unpaired) electrons. The van der Waals surface area contributed by atoms with E-state index in [2.05, 4.69) is 5.32 Å². The average Bonchev–Trinajstić information content (AvgIpc) is 2.48. The fourth-order valence-electron chi connectivity index (χ4n) is 2.48. The number of rotatable bonds is 5. The summed E-state index contributed by atoms with van der Waals surface area (Å²) in [6, 6.07) is 2.97. The Hall–Kier alpha value is -2.22. The van der Waals surface area contributed by atoms with E-state index >= 15 is 0 Å². The van der Waals surface area contributed by atoms with Crippen LogP contribution in [0.2, 0.25) is 0 Å². The molecule has 7 nitrogen and oxygen atoms in total. The monoisotopic (exact) mass is 321 g/mol. The molecule has 0 saturated heterocycles. The van der Waals surface area contributed by atoms with Gasteiger partial charge in [0.15, 0.2) is 0 Å². The Morgan fingerprint density at radius 2 is 2.17 bits per heavy atom. The Labute approximate surface area is 134 Å². The molecular weight excluding hydrogens is 301 g/mol. The van der Waals surface area contributed by atoms with Crippen molar-refractivity contribution < 1.29 is 29.1 Å². The molecule has 2 rings (SSSR count). The van der Waals surface area contributed by atoms with E-state index in [1.165, 1.54) is 6.07 Å². The van der Waals surface area contributed by atoms with Crippen LogP contribution in [0.3, 0.4) is 0 Å².